The van der Waals surface area contributed by atoms with Gasteiger partial charge in [0.15, 0.2) is 0 Å². The normalized spacial score (nSPS) is 12.8. The summed E-state index contributed by atoms with van der Waals surface area (Å²) >= 11 is 1.81. The topological polar surface area (TPSA) is 21.7 Å². The molecule has 7 aromatic carbocycles. The van der Waals surface area contributed by atoms with Gasteiger partial charge in [-0.05, 0) is 102 Å². The monoisotopic (exact) mass is 621 g/mol. The van der Waals surface area contributed by atoms with E-state index in [0.29, 0.717) is 0 Å². The summed E-state index contributed by atoms with van der Waals surface area (Å²) < 4.78 is 15.9. The summed E-state index contributed by atoms with van der Waals surface area (Å²) in [5, 5.41) is 4.80. The minimum atomic E-state index is 0.0606. The van der Waals surface area contributed by atoms with Crippen molar-refractivity contribution >= 4 is 82.4 Å². The molecular weight excluding hydrogens is 593 g/mol. The molecule has 8 aromatic rings. The second kappa shape index (κ2) is 9.99. The number of hydrogen-bond donors (Lipinski definition) is 0. The number of para-hydroxylation sites is 2. The smallest absolute Gasteiger partial charge is 0.260 e. The first-order chi connectivity index (χ1) is 23.1. The van der Waals surface area contributed by atoms with E-state index in [4.69, 9.17) is 9.47 Å². The number of anilines is 3. The molecule has 0 radical (unpaired) electrons. The molecule has 1 aromatic heterocycles. The first-order valence-electron chi connectivity index (χ1n) is 16.0. The summed E-state index contributed by atoms with van der Waals surface area (Å²) in [6, 6.07) is 47.9. The first kappa shape index (κ1) is 26.7. The molecule has 0 bridgehead atoms. The number of rotatable bonds is 3. The molecule has 222 valence electrons. The van der Waals surface area contributed by atoms with Crippen LogP contribution in [0.5, 0.6) is 23.0 Å². The van der Waals surface area contributed by atoms with Crippen LogP contribution in [0.1, 0.15) is 11.1 Å². The van der Waals surface area contributed by atoms with Crippen LogP contribution in [-0.2, 0) is 0 Å². The Bertz CT molecular complexity index is 2510. The van der Waals surface area contributed by atoms with Crippen molar-refractivity contribution < 1.29 is 9.47 Å². The fourth-order valence-electron chi connectivity index (χ4n) is 7.48. The van der Waals surface area contributed by atoms with E-state index in [-0.39, 0.29) is 6.71 Å². The highest BCUT2D eigenvalue weighted by Crippen LogP contribution is 2.47. The Morgan fingerprint density at radius 3 is 1.87 bits per heavy atom. The Morgan fingerprint density at radius 2 is 1.19 bits per heavy atom. The first-order valence-corrected chi connectivity index (χ1v) is 16.8. The molecule has 47 heavy (non-hydrogen) atoms. The van der Waals surface area contributed by atoms with Crippen molar-refractivity contribution in [2.45, 2.75) is 13.8 Å². The van der Waals surface area contributed by atoms with E-state index in [1.165, 1.54) is 53.0 Å². The highest BCUT2D eigenvalue weighted by molar-refractivity contribution is 7.26. The minimum Gasteiger partial charge on any atom is -0.458 e. The summed E-state index contributed by atoms with van der Waals surface area (Å²) in [5.41, 5.74) is 9.38. The molecule has 0 fully saturated rings. The predicted molar refractivity (Wildman–Crippen MR) is 199 cm³/mol. The van der Waals surface area contributed by atoms with Crippen LogP contribution in [0.3, 0.4) is 0 Å². The molecule has 0 aliphatic carbocycles. The third-order valence-electron chi connectivity index (χ3n) is 9.62. The number of benzene rings is 7. The van der Waals surface area contributed by atoms with Crippen LogP contribution in [0.4, 0.5) is 17.1 Å². The fraction of sp³-hybridized carbons (Fsp3) is 0.0476. The van der Waals surface area contributed by atoms with E-state index in [2.05, 4.69) is 152 Å². The van der Waals surface area contributed by atoms with Crippen LogP contribution in [-0.4, -0.2) is 6.71 Å². The van der Waals surface area contributed by atoms with Gasteiger partial charge in [-0.15, -0.1) is 11.3 Å². The van der Waals surface area contributed by atoms with E-state index in [9.17, 15) is 0 Å². The molecule has 5 heteroatoms. The van der Waals surface area contributed by atoms with Gasteiger partial charge in [-0.1, -0.05) is 77.9 Å². The Hall–Kier alpha value is -5.52. The molecule has 2 aliphatic rings. The number of aryl methyl sites for hydroxylation is 2. The van der Waals surface area contributed by atoms with Gasteiger partial charge in [-0.25, -0.2) is 0 Å². The Labute approximate surface area is 277 Å². The van der Waals surface area contributed by atoms with Gasteiger partial charge in [0.25, 0.3) is 6.71 Å². The lowest BCUT2D eigenvalue weighted by atomic mass is 9.34. The molecular formula is C42H28BNO2S. The molecule has 0 saturated heterocycles. The van der Waals surface area contributed by atoms with Crippen LogP contribution in [0, 0.1) is 13.8 Å². The maximum atomic E-state index is 6.84. The van der Waals surface area contributed by atoms with Gasteiger partial charge < -0.3 is 14.4 Å². The second-order valence-corrected chi connectivity index (χ2v) is 13.8. The van der Waals surface area contributed by atoms with Crippen LogP contribution >= 0.6 is 11.3 Å². The van der Waals surface area contributed by atoms with Gasteiger partial charge in [0.2, 0.25) is 0 Å². The van der Waals surface area contributed by atoms with Crippen molar-refractivity contribution in [1.82, 2.24) is 0 Å². The minimum absolute atomic E-state index is 0.0606. The summed E-state index contributed by atoms with van der Waals surface area (Å²) in [5.74, 6) is 3.66. The molecule has 0 unspecified atom stereocenters. The Morgan fingerprint density at radius 1 is 0.532 bits per heavy atom. The van der Waals surface area contributed by atoms with E-state index in [0.717, 1.165) is 45.5 Å². The number of ether oxygens (including phenoxy) is 2. The molecule has 0 spiro atoms. The Kier molecular flexibility index (Phi) is 5.67. The van der Waals surface area contributed by atoms with Crippen LogP contribution in [0.2, 0.25) is 0 Å². The summed E-state index contributed by atoms with van der Waals surface area (Å²) in [4.78, 5) is 2.32. The average molecular weight is 622 g/mol. The molecule has 0 amide bonds. The van der Waals surface area contributed by atoms with Crippen LogP contribution in [0.15, 0.2) is 133 Å². The average Bonchev–Trinajstić information content (AvgIpc) is 3.45. The van der Waals surface area contributed by atoms with Crippen LogP contribution in [0.25, 0.3) is 30.9 Å². The zero-order chi connectivity index (χ0) is 31.2. The predicted octanol–water partition coefficient (Wildman–Crippen LogP) is 10.0. The lowest BCUT2D eigenvalue weighted by molar-refractivity contribution is 0.469. The maximum Gasteiger partial charge on any atom is 0.260 e. The van der Waals surface area contributed by atoms with Crippen LogP contribution < -0.4 is 30.8 Å². The largest absolute Gasteiger partial charge is 0.458 e. The zero-order valence-electron chi connectivity index (χ0n) is 26.0. The van der Waals surface area contributed by atoms with Gasteiger partial charge in [-0.3, -0.25) is 0 Å². The highest BCUT2D eigenvalue weighted by Gasteiger charge is 2.41. The Balaban J connectivity index is 1.18. The highest BCUT2D eigenvalue weighted by atomic mass is 32.1. The molecule has 0 N–H and O–H groups in total. The van der Waals surface area contributed by atoms with Gasteiger partial charge in [-0.2, -0.15) is 0 Å². The van der Waals surface area contributed by atoms with E-state index < -0.39 is 0 Å². The standard InChI is InChI=1S/C42H28BNO2S/c1-25-13-17-36-34(19-25)43-35-20-26(2)14-18-37(35)46-41-40(43)38(45-36)24-33-32-22-27-15-16-31(21-28(27)23-39(32)47-42(33)41)44(29-9-5-3-6-10-29)30-11-7-4-8-12-30/h3-24H,1-2H3. The summed E-state index contributed by atoms with van der Waals surface area (Å²) in [7, 11) is 0. The van der Waals surface area contributed by atoms with Gasteiger partial charge in [0.05, 0.1) is 4.70 Å². The third kappa shape index (κ3) is 4.06. The van der Waals surface area contributed by atoms with Crippen molar-refractivity contribution in [1.29, 1.82) is 0 Å². The lowest BCUT2D eigenvalue weighted by Crippen LogP contribution is -2.57. The van der Waals surface area contributed by atoms with E-state index in [1.807, 2.05) is 11.3 Å². The van der Waals surface area contributed by atoms with Crippen molar-refractivity contribution in [2.75, 3.05) is 4.90 Å². The molecule has 2 aliphatic heterocycles. The lowest BCUT2D eigenvalue weighted by Gasteiger charge is -2.33. The third-order valence-corrected chi connectivity index (χ3v) is 10.8. The van der Waals surface area contributed by atoms with Crippen molar-refractivity contribution in [3.8, 4) is 23.0 Å². The van der Waals surface area contributed by atoms with E-state index in [1.54, 1.807) is 0 Å². The quantitative estimate of drug-likeness (QED) is 0.183. The number of fused-ring (bicyclic) bond motifs is 9. The van der Waals surface area contributed by atoms with E-state index >= 15 is 0 Å². The summed E-state index contributed by atoms with van der Waals surface area (Å²) in [6.07, 6.45) is 0. The zero-order valence-corrected chi connectivity index (χ0v) is 26.8. The number of thiophene rings is 1. The summed E-state index contributed by atoms with van der Waals surface area (Å²) in [6.45, 7) is 4.36. The second-order valence-electron chi connectivity index (χ2n) is 12.7. The number of hydrogen-bond acceptors (Lipinski definition) is 4. The van der Waals surface area contributed by atoms with Gasteiger partial charge >= 0.3 is 0 Å². The molecule has 0 saturated carbocycles. The van der Waals surface area contributed by atoms with Gasteiger partial charge in [0, 0.05) is 38.0 Å². The van der Waals surface area contributed by atoms with Crippen molar-refractivity contribution in [2.24, 2.45) is 0 Å². The van der Waals surface area contributed by atoms with Crippen molar-refractivity contribution in [3.63, 3.8) is 0 Å². The van der Waals surface area contributed by atoms with Crippen molar-refractivity contribution in [3.05, 3.63) is 145 Å². The SMILES string of the molecule is Cc1ccc2c(c1)B1c3cc(C)ccc3Oc3c1c(cc1c3sc3cc4cc(N(c5ccccc5)c5ccccc5)ccc4cc31)O2. The maximum absolute atomic E-state index is 6.84. The molecule has 0 atom stereocenters. The number of nitrogens with zero attached hydrogens (tertiary/aromatic N) is 1. The molecule has 3 nitrogen and oxygen atoms in total. The molecule has 10 rings (SSSR count). The fourth-order valence-corrected chi connectivity index (χ4v) is 8.69. The molecule has 3 heterocycles. The van der Waals surface area contributed by atoms with Gasteiger partial charge in [0.1, 0.15) is 23.0 Å².